The molecule has 1 aliphatic carbocycles. The highest BCUT2D eigenvalue weighted by Gasteiger charge is 2.40. The normalized spacial score (nSPS) is 18.0. The molecule has 0 bridgehead atoms. The van der Waals surface area contributed by atoms with Crippen molar-refractivity contribution in [2.75, 3.05) is 6.54 Å². The van der Waals surface area contributed by atoms with Gasteiger partial charge in [-0.1, -0.05) is 30.2 Å². The molecule has 1 fully saturated rings. The monoisotopic (exact) mass is 246 g/mol. The Balaban J connectivity index is 2.30. The van der Waals surface area contributed by atoms with Gasteiger partial charge in [0.2, 0.25) is 0 Å². The Kier molecular flexibility index (Phi) is 2.57. The highest BCUT2D eigenvalue weighted by atomic mass is 35.5. The Labute approximate surface area is 106 Å². The molecule has 88 valence electrons. The first-order valence-corrected chi connectivity index (χ1v) is 6.38. The molecule has 0 atom stereocenters. The lowest BCUT2D eigenvalue weighted by atomic mass is 9.64. The number of aromatic nitrogens is 1. The fourth-order valence-corrected chi connectivity index (χ4v) is 3.14. The number of hydrogen-bond acceptors (Lipinski definition) is 2. The van der Waals surface area contributed by atoms with Gasteiger partial charge >= 0.3 is 0 Å². The van der Waals surface area contributed by atoms with Crippen molar-refractivity contribution in [3.63, 3.8) is 0 Å². The topological polar surface area (TPSA) is 38.9 Å². The molecule has 0 radical (unpaired) electrons. The SMILES string of the molecule is NCC1(c2c(Cl)ccc3cccnc23)CCC1. The molecule has 2 nitrogen and oxygen atoms in total. The van der Waals surface area contributed by atoms with E-state index in [2.05, 4.69) is 11.1 Å². The van der Waals surface area contributed by atoms with Gasteiger partial charge in [-0.15, -0.1) is 0 Å². The van der Waals surface area contributed by atoms with Crippen LogP contribution in [0.15, 0.2) is 30.5 Å². The zero-order chi connectivity index (χ0) is 11.9. The third-order valence-electron chi connectivity index (χ3n) is 3.96. The molecule has 2 aromatic rings. The summed E-state index contributed by atoms with van der Waals surface area (Å²) >= 11 is 6.38. The predicted octanol–water partition coefficient (Wildman–Crippen LogP) is 3.27. The minimum Gasteiger partial charge on any atom is -0.330 e. The maximum atomic E-state index is 6.38. The summed E-state index contributed by atoms with van der Waals surface area (Å²) in [6.45, 7) is 0.655. The van der Waals surface area contributed by atoms with Gasteiger partial charge < -0.3 is 5.73 Å². The Bertz CT molecular complexity index is 556. The van der Waals surface area contributed by atoms with Gasteiger partial charge in [0.1, 0.15) is 0 Å². The van der Waals surface area contributed by atoms with Crippen molar-refractivity contribution < 1.29 is 0 Å². The fraction of sp³-hybridized carbons (Fsp3) is 0.357. The minimum atomic E-state index is 0.0605. The van der Waals surface area contributed by atoms with Crippen molar-refractivity contribution in [2.45, 2.75) is 24.7 Å². The Morgan fingerprint density at radius 2 is 2.12 bits per heavy atom. The van der Waals surface area contributed by atoms with E-state index >= 15 is 0 Å². The third kappa shape index (κ3) is 1.55. The number of nitrogens with two attached hydrogens (primary N) is 1. The van der Waals surface area contributed by atoms with Gasteiger partial charge in [0.25, 0.3) is 0 Å². The molecular weight excluding hydrogens is 232 g/mol. The number of benzene rings is 1. The molecule has 1 saturated carbocycles. The van der Waals surface area contributed by atoms with Crippen molar-refractivity contribution >= 4 is 22.5 Å². The van der Waals surface area contributed by atoms with Crippen LogP contribution in [0, 0.1) is 0 Å². The molecule has 3 rings (SSSR count). The number of pyridine rings is 1. The quantitative estimate of drug-likeness (QED) is 0.883. The lowest BCUT2D eigenvalue weighted by molar-refractivity contribution is 0.255. The Hall–Kier alpha value is -1.12. The molecule has 0 aliphatic heterocycles. The van der Waals surface area contributed by atoms with Crippen LogP contribution in [0.1, 0.15) is 24.8 Å². The zero-order valence-electron chi connectivity index (χ0n) is 9.62. The van der Waals surface area contributed by atoms with Gasteiger partial charge in [-0.3, -0.25) is 4.98 Å². The van der Waals surface area contributed by atoms with Crippen LogP contribution >= 0.6 is 11.6 Å². The molecular formula is C14H15ClN2. The molecule has 3 heteroatoms. The van der Waals surface area contributed by atoms with Crippen LogP contribution in [0.4, 0.5) is 0 Å². The van der Waals surface area contributed by atoms with Crippen LogP contribution in [-0.4, -0.2) is 11.5 Å². The summed E-state index contributed by atoms with van der Waals surface area (Å²) in [5.74, 6) is 0. The number of rotatable bonds is 2. The molecule has 2 N–H and O–H groups in total. The summed E-state index contributed by atoms with van der Waals surface area (Å²) in [4.78, 5) is 4.50. The summed E-state index contributed by atoms with van der Waals surface area (Å²) in [5, 5.41) is 1.95. The molecule has 1 heterocycles. The van der Waals surface area contributed by atoms with E-state index in [0.29, 0.717) is 6.54 Å². The maximum absolute atomic E-state index is 6.38. The van der Waals surface area contributed by atoms with Crippen LogP contribution in [0.3, 0.4) is 0 Å². The summed E-state index contributed by atoms with van der Waals surface area (Å²) in [7, 11) is 0. The standard InChI is InChI=1S/C14H15ClN2/c15-11-5-4-10-3-1-8-17-13(10)12(11)14(9-16)6-2-7-14/h1,3-5,8H,2,6-7,9,16H2. The van der Waals surface area contributed by atoms with E-state index in [1.807, 2.05) is 24.4 Å². The van der Waals surface area contributed by atoms with Crippen molar-refractivity contribution in [1.29, 1.82) is 0 Å². The first-order chi connectivity index (χ1) is 8.27. The number of fused-ring (bicyclic) bond motifs is 1. The summed E-state index contributed by atoms with van der Waals surface area (Å²) < 4.78 is 0. The van der Waals surface area contributed by atoms with Gasteiger partial charge in [-0.2, -0.15) is 0 Å². The second-order valence-corrected chi connectivity index (χ2v) is 5.24. The van der Waals surface area contributed by atoms with E-state index in [9.17, 15) is 0 Å². The van der Waals surface area contributed by atoms with Gasteiger partial charge in [-0.25, -0.2) is 0 Å². The van der Waals surface area contributed by atoms with E-state index in [1.165, 1.54) is 6.42 Å². The van der Waals surface area contributed by atoms with Gasteiger partial charge in [0.15, 0.2) is 0 Å². The van der Waals surface area contributed by atoms with E-state index < -0.39 is 0 Å². The first kappa shape index (κ1) is 11.0. The lowest BCUT2D eigenvalue weighted by Crippen LogP contribution is -2.42. The Morgan fingerprint density at radius 1 is 1.29 bits per heavy atom. The van der Waals surface area contributed by atoms with Crippen LogP contribution in [0.5, 0.6) is 0 Å². The average molecular weight is 247 g/mol. The molecule has 0 saturated heterocycles. The number of halogens is 1. The highest BCUT2D eigenvalue weighted by Crippen LogP contribution is 2.47. The van der Waals surface area contributed by atoms with Gasteiger partial charge in [-0.05, 0) is 25.0 Å². The van der Waals surface area contributed by atoms with E-state index in [-0.39, 0.29) is 5.41 Å². The highest BCUT2D eigenvalue weighted by molar-refractivity contribution is 6.32. The van der Waals surface area contributed by atoms with Crippen LogP contribution < -0.4 is 5.73 Å². The average Bonchev–Trinajstić information content (AvgIpc) is 2.31. The smallest absolute Gasteiger partial charge is 0.0754 e. The third-order valence-corrected chi connectivity index (χ3v) is 4.27. The fourth-order valence-electron chi connectivity index (χ4n) is 2.78. The van der Waals surface area contributed by atoms with Crippen molar-refractivity contribution in [2.24, 2.45) is 5.73 Å². The molecule has 1 aliphatic rings. The van der Waals surface area contributed by atoms with Crippen molar-refractivity contribution in [3.8, 4) is 0 Å². The first-order valence-electron chi connectivity index (χ1n) is 6.01. The van der Waals surface area contributed by atoms with Crippen molar-refractivity contribution in [1.82, 2.24) is 4.98 Å². The summed E-state index contributed by atoms with van der Waals surface area (Å²) in [6.07, 6.45) is 5.31. The van der Waals surface area contributed by atoms with Crippen LogP contribution in [0.2, 0.25) is 5.02 Å². The van der Waals surface area contributed by atoms with E-state index in [4.69, 9.17) is 17.3 Å². The number of nitrogens with zero attached hydrogens (tertiary/aromatic N) is 1. The number of hydrogen-bond donors (Lipinski definition) is 1. The van der Waals surface area contributed by atoms with E-state index in [0.717, 1.165) is 34.3 Å². The van der Waals surface area contributed by atoms with E-state index in [1.54, 1.807) is 0 Å². The lowest BCUT2D eigenvalue weighted by Gasteiger charge is -2.42. The van der Waals surface area contributed by atoms with Gasteiger partial charge in [0, 0.05) is 34.1 Å². The summed E-state index contributed by atoms with van der Waals surface area (Å²) in [5.41, 5.74) is 8.21. The molecule has 1 aromatic heterocycles. The van der Waals surface area contributed by atoms with Gasteiger partial charge in [0.05, 0.1) is 5.52 Å². The molecule has 1 aromatic carbocycles. The summed E-state index contributed by atoms with van der Waals surface area (Å²) in [6, 6.07) is 8.02. The largest absolute Gasteiger partial charge is 0.330 e. The zero-order valence-corrected chi connectivity index (χ0v) is 10.4. The Morgan fingerprint density at radius 3 is 2.76 bits per heavy atom. The molecule has 0 unspecified atom stereocenters. The second kappa shape index (κ2) is 3.97. The van der Waals surface area contributed by atoms with Crippen LogP contribution in [-0.2, 0) is 5.41 Å². The predicted molar refractivity (Wildman–Crippen MR) is 71.3 cm³/mol. The van der Waals surface area contributed by atoms with Crippen LogP contribution in [0.25, 0.3) is 10.9 Å². The van der Waals surface area contributed by atoms with Crippen molar-refractivity contribution in [3.05, 3.63) is 41.0 Å². The maximum Gasteiger partial charge on any atom is 0.0754 e. The molecule has 0 spiro atoms. The molecule has 17 heavy (non-hydrogen) atoms. The second-order valence-electron chi connectivity index (χ2n) is 4.84. The minimum absolute atomic E-state index is 0.0605. The molecule has 0 amide bonds.